The van der Waals surface area contributed by atoms with Crippen LogP contribution < -0.4 is 4.90 Å². The summed E-state index contributed by atoms with van der Waals surface area (Å²) in [6, 6.07) is 22.8. The van der Waals surface area contributed by atoms with E-state index in [1.54, 1.807) is 24.3 Å². The largest absolute Gasteiger partial charge is 0.462 e. The van der Waals surface area contributed by atoms with E-state index in [9.17, 15) is 14.4 Å². The van der Waals surface area contributed by atoms with Crippen molar-refractivity contribution in [3.63, 3.8) is 0 Å². The van der Waals surface area contributed by atoms with Crippen LogP contribution in [0.1, 0.15) is 71.1 Å². The van der Waals surface area contributed by atoms with Crippen LogP contribution in [0.2, 0.25) is 0 Å². The summed E-state index contributed by atoms with van der Waals surface area (Å²) in [5, 5.41) is 0. The van der Waals surface area contributed by atoms with Gasteiger partial charge in [0.15, 0.2) is 0 Å². The summed E-state index contributed by atoms with van der Waals surface area (Å²) in [7, 11) is 0. The molecule has 2 atom stereocenters. The van der Waals surface area contributed by atoms with Crippen molar-refractivity contribution in [3.05, 3.63) is 101 Å². The lowest BCUT2D eigenvalue weighted by Crippen LogP contribution is -2.50. The standard InChI is InChI=1S/C31H28BrNO4/c1-2-3-4-9-18-37-30(36)19-14-16-20(17-15-19)33-28(34)26-25-21-10-5-7-12-23(21)31(32,27(26)29(33)35)24-13-8-6-11-22(24)25/h5-8,10-17,25-27H,2-4,9,18H2,1H3/t25?,26-,27+,31?/m1/s1. The molecule has 188 valence electrons. The van der Waals surface area contributed by atoms with Crippen molar-refractivity contribution >= 4 is 39.4 Å². The van der Waals surface area contributed by atoms with Gasteiger partial charge in [-0.15, -0.1) is 0 Å². The Hall–Kier alpha value is -3.25. The summed E-state index contributed by atoms with van der Waals surface area (Å²) >= 11 is 4.01. The maximum atomic E-state index is 14.0. The molecule has 2 amide bonds. The molecule has 0 radical (unpaired) electrons. The van der Waals surface area contributed by atoms with Crippen molar-refractivity contribution in [1.82, 2.24) is 0 Å². The number of imide groups is 1. The Labute approximate surface area is 224 Å². The molecule has 7 rings (SSSR count). The third-order valence-electron chi connectivity index (χ3n) is 8.11. The number of benzene rings is 3. The van der Waals surface area contributed by atoms with Gasteiger partial charge >= 0.3 is 5.97 Å². The molecule has 5 nitrogen and oxygen atoms in total. The van der Waals surface area contributed by atoms with Crippen molar-refractivity contribution < 1.29 is 19.1 Å². The summed E-state index contributed by atoms with van der Waals surface area (Å²) in [6.45, 7) is 2.53. The number of alkyl halides is 1. The quantitative estimate of drug-likeness (QED) is 0.147. The number of halogens is 1. The second-order valence-electron chi connectivity index (χ2n) is 10.1. The van der Waals surface area contributed by atoms with Gasteiger partial charge in [-0.05, 0) is 52.9 Å². The van der Waals surface area contributed by atoms with Crippen LogP contribution in [0.4, 0.5) is 5.69 Å². The molecule has 2 bridgehead atoms. The van der Waals surface area contributed by atoms with Crippen molar-refractivity contribution in [3.8, 4) is 0 Å². The zero-order valence-electron chi connectivity index (χ0n) is 20.7. The minimum absolute atomic E-state index is 0.180. The van der Waals surface area contributed by atoms with E-state index < -0.39 is 16.2 Å². The number of ether oxygens (including phenoxy) is 1. The number of unbranched alkanes of at least 4 members (excludes halogenated alkanes) is 3. The van der Waals surface area contributed by atoms with E-state index in [2.05, 4.69) is 47.1 Å². The number of carbonyl (C=O) groups is 3. The van der Waals surface area contributed by atoms with Gasteiger partial charge in [-0.3, -0.25) is 9.59 Å². The highest BCUT2D eigenvalue weighted by molar-refractivity contribution is 9.09. The number of hydrogen-bond acceptors (Lipinski definition) is 4. The lowest BCUT2D eigenvalue weighted by Gasteiger charge is -2.51. The first kappa shape index (κ1) is 24.1. The van der Waals surface area contributed by atoms with Crippen molar-refractivity contribution in [2.24, 2.45) is 11.8 Å². The maximum Gasteiger partial charge on any atom is 0.338 e. The average molecular weight is 558 g/mol. The average Bonchev–Trinajstić information content (AvgIpc) is 3.20. The minimum atomic E-state index is -0.775. The number of nitrogens with zero attached hydrogens (tertiary/aromatic N) is 1. The Morgan fingerprint density at radius 2 is 1.49 bits per heavy atom. The number of esters is 1. The molecule has 0 unspecified atom stereocenters. The van der Waals surface area contributed by atoms with Crippen LogP contribution in [0, 0.1) is 11.8 Å². The van der Waals surface area contributed by atoms with Crippen LogP contribution in [0.3, 0.4) is 0 Å². The van der Waals surface area contributed by atoms with Crippen LogP contribution in [-0.4, -0.2) is 24.4 Å². The SMILES string of the molecule is CCCCCCOC(=O)c1ccc(N2C(=O)[C@@H]3C4c5ccccc5C(Br)(c5ccccc54)[C@@H]3C2=O)cc1. The Kier molecular flexibility index (Phi) is 6.03. The highest BCUT2D eigenvalue weighted by Crippen LogP contribution is 2.66. The van der Waals surface area contributed by atoms with Crippen LogP contribution in [0.15, 0.2) is 72.8 Å². The van der Waals surface area contributed by atoms with Gasteiger partial charge in [0.05, 0.1) is 34.0 Å². The lowest BCUT2D eigenvalue weighted by atomic mass is 9.55. The highest BCUT2D eigenvalue weighted by atomic mass is 79.9. The molecule has 4 aliphatic rings. The molecule has 0 N–H and O–H groups in total. The molecule has 3 aromatic carbocycles. The Morgan fingerprint density at radius 1 is 0.865 bits per heavy atom. The van der Waals surface area contributed by atoms with Gasteiger partial charge in [0.1, 0.15) is 0 Å². The first-order chi connectivity index (χ1) is 18.0. The Morgan fingerprint density at radius 3 is 2.11 bits per heavy atom. The third-order valence-corrected chi connectivity index (χ3v) is 9.45. The first-order valence-corrected chi connectivity index (χ1v) is 13.8. The van der Waals surface area contributed by atoms with Gasteiger partial charge in [0.2, 0.25) is 11.8 Å². The molecule has 1 saturated heterocycles. The van der Waals surface area contributed by atoms with Gasteiger partial charge in [-0.2, -0.15) is 0 Å². The topological polar surface area (TPSA) is 63.7 Å². The molecule has 1 heterocycles. The first-order valence-electron chi connectivity index (χ1n) is 13.0. The zero-order chi connectivity index (χ0) is 25.7. The van der Waals surface area contributed by atoms with E-state index >= 15 is 0 Å². The molecule has 0 saturated carbocycles. The second-order valence-corrected chi connectivity index (χ2v) is 11.4. The number of amides is 2. The monoisotopic (exact) mass is 557 g/mol. The van der Waals surface area contributed by atoms with Gasteiger partial charge in [0.25, 0.3) is 0 Å². The van der Waals surface area contributed by atoms with Gasteiger partial charge in [-0.25, -0.2) is 9.69 Å². The minimum Gasteiger partial charge on any atom is -0.462 e. The number of carbonyl (C=O) groups excluding carboxylic acids is 3. The van der Waals surface area contributed by atoms with Crippen LogP contribution >= 0.6 is 15.9 Å². The molecule has 0 spiro atoms. The van der Waals surface area contributed by atoms with E-state index in [1.807, 2.05) is 24.3 Å². The van der Waals surface area contributed by atoms with Crippen LogP contribution in [0.25, 0.3) is 0 Å². The predicted octanol–water partition coefficient (Wildman–Crippen LogP) is 6.33. The van der Waals surface area contributed by atoms with Gasteiger partial charge in [-0.1, -0.05) is 90.6 Å². The second kappa shape index (κ2) is 9.25. The van der Waals surface area contributed by atoms with Crippen molar-refractivity contribution in [2.45, 2.75) is 42.8 Å². The van der Waals surface area contributed by atoms with Gasteiger partial charge in [0, 0.05) is 5.92 Å². The fourth-order valence-corrected chi connectivity index (χ4v) is 7.66. The fraction of sp³-hybridized carbons (Fsp3) is 0.323. The van der Waals surface area contributed by atoms with E-state index in [0.29, 0.717) is 17.9 Å². The summed E-state index contributed by atoms with van der Waals surface area (Å²) in [5.74, 6) is -2.03. The summed E-state index contributed by atoms with van der Waals surface area (Å²) in [5.41, 5.74) is 5.19. The predicted molar refractivity (Wildman–Crippen MR) is 145 cm³/mol. The van der Waals surface area contributed by atoms with Crippen molar-refractivity contribution in [1.29, 1.82) is 0 Å². The van der Waals surface area contributed by atoms with E-state index in [0.717, 1.165) is 47.9 Å². The number of hydrogen-bond donors (Lipinski definition) is 0. The molecule has 1 aliphatic heterocycles. The molecular weight excluding hydrogens is 530 g/mol. The molecule has 0 aromatic heterocycles. The number of rotatable bonds is 7. The molecular formula is C31H28BrNO4. The summed E-state index contributed by atoms with van der Waals surface area (Å²) < 4.78 is 4.61. The third kappa shape index (κ3) is 3.52. The van der Waals surface area contributed by atoms with E-state index in [1.165, 1.54) is 4.90 Å². The number of anilines is 1. The smallest absolute Gasteiger partial charge is 0.338 e. The summed E-state index contributed by atoms with van der Waals surface area (Å²) in [6.07, 6.45) is 4.13. The molecule has 3 aromatic rings. The van der Waals surface area contributed by atoms with Gasteiger partial charge < -0.3 is 4.74 Å². The fourth-order valence-electron chi connectivity index (χ4n) is 6.46. The molecule has 6 heteroatoms. The van der Waals surface area contributed by atoms with Crippen molar-refractivity contribution in [2.75, 3.05) is 11.5 Å². The highest BCUT2D eigenvalue weighted by Gasteiger charge is 2.67. The van der Waals surface area contributed by atoms with Crippen LogP contribution in [-0.2, 0) is 18.7 Å². The zero-order valence-corrected chi connectivity index (χ0v) is 22.2. The molecule has 3 aliphatic carbocycles. The molecule has 1 fully saturated rings. The van der Waals surface area contributed by atoms with E-state index in [-0.39, 0.29) is 23.7 Å². The van der Waals surface area contributed by atoms with E-state index in [4.69, 9.17) is 4.74 Å². The normalized spacial score (nSPS) is 25.0. The Bertz CT molecular complexity index is 1350. The lowest BCUT2D eigenvalue weighted by molar-refractivity contribution is -0.122. The van der Waals surface area contributed by atoms with Crippen LogP contribution in [0.5, 0.6) is 0 Å². The molecule has 37 heavy (non-hydrogen) atoms. The summed E-state index contributed by atoms with van der Waals surface area (Å²) in [4.78, 5) is 41.7. The Balaban J connectivity index is 1.31. The maximum absolute atomic E-state index is 14.0.